The predicted molar refractivity (Wildman–Crippen MR) is 155 cm³/mol. The van der Waals surface area contributed by atoms with Gasteiger partial charge in [-0.2, -0.15) is 0 Å². The Bertz CT molecular complexity index is 1750. The van der Waals surface area contributed by atoms with Crippen molar-refractivity contribution >= 4 is 40.7 Å². The van der Waals surface area contributed by atoms with Crippen molar-refractivity contribution in [1.29, 1.82) is 0 Å². The van der Waals surface area contributed by atoms with E-state index < -0.39 is 45.8 Å². The summed E-state index contributed by atoms with van der Waals surface area (Å²) in [6.07, 6.45) is 2.42. The summed E-state index contributed by atoms with van der Waals surface area (Å²) in [5.74, 6) is -4.81. The van der Waals surface area contributed by atoms with Crippen LogP contribution in [0.5, 0.6) is 5.75 Å². The van der Waals surface area contributed by atoms with E-state index in [9.17, 15) is 34.4 Å². The third-order valence-corrected chi connectivity index (χ3v) is 9.81. The lowest BCUT2D eigenvalue weighted by molar-refractivity contribution is -0.384. The third kappa shape index (κ3) is 3.72. The van der Waals surface area contributed by atoms with E-state index in [0.29, 0.717) is 11.3 Å². The Hall–Kier alpha value is -5.12. The highest BCUT2D eigenvalue weighted by atomic mass is 16.6. The van der Waals surface area contributed by atoms with Crippen LogP contribution in [0.1, 0.15) is 31.2 Å². The molecule has 2 heterocycles. The minimum atomic E-state index is -1.19. The summed E-state index contributed by atoms with van der Waals surface area (Å²) in [7, 11) is 0. The molecule has 6 atom stereocenters. The van der Waals surface area contributed by atoms with Gasteiger partial charge in [-0.25, -0.2) is 4.90 Å². The Morgan fingerprint density at radius 3 is 2.21 bits per heavy atom. The molecule has 4 amide bonds. The van der Waals surface area contributed by atoms with Gasteiger partial charge in [0.25, 0.3) is 5.69 Å². The molecule has 0 unspecified atom stereocenters. The van der Waals surface area contributed by atoms with E-state index >= 15 is 0 Å². The molecule has 0 spiro atoms. The van der Waals surface area contributed by atoms with Crippen LogP contribution in [0.25, 0.3) is 0 Å². The molecule has 3 aromatic rings. The zero-order valence-electron chi connectivity index (χ0n) is 23.1. The summed E-state index contributed by atoms with van der Waals surface area (Å²) >= 11 is 0. The van der Waals surface area contributed by atoms with Gasteiger partial charge in [0.1, 0.15) is 5.75 Å². The number of nitro benzene ring substituents is 1. The van der Waals surface area contributed by atoms with Gasteiger partial charge in [-0.1, -0.05) is 42.0 Å². The third-order valence-electron chi connectivity index (χ3n) is 9.81. The second kappa shape index (κ2) is 9.45. The van der Waals surface area contributed by atoms with E-state index in [-0.39, 0.29) is 47.7 Å². The fourth-order valence-electron chi connectivity index (χ4n) is 7.90. The summed E-state index contributed by atoms with van der Waals surface area (Å²) in [4.78, 5) is 69.1. The van der Waals surface area contributed by atoms with Crippen LogP contribution in [0.4, 0.5) is 17.1 Å². The number of amides is 4. The summed E-state index contributed by atoms with van der Waals surface area (Å²) in [5.41, 5.74) is 0.838. The van der Waals surface area contributed by atoms with Crippen LogP contribution in [0.3, 0.4) is 0 Å². The van der Waals surface area contributed by atoms with Crippen molar-refractivity contribution in [2.24, 2.45) is 29.1 Å². The maximum atomic E-state index is 14.3. The number of nitro groups is 1. The van der Waals surface area contributed by atoms with E-state index in [1.807, 2.05) is 12.1 Å². The Balaban J connectivity index is 1.34. The number of non-ortho nitro benzene ring substituents is 1. The summed E-state index contributed by atoms with van der Waals surface area (Å²) in [5, 5.41) is 21.6. The number of phenolic OH excluding ortho intramolecular Hbond substituents is 1. The average Bonchev–Trinajstić information content (AvgIpc) is 3.37. The standard InChI is InChI=1S/C33H27N3O7/c1-33-26(30(39)35(32(33)41)19-7-3-2-4-8-19)17-25-23(28(33)18-6-5-9-22(37)16-18)14-15-24-27(25)31(40)34(29(24)38)20-10-12-21(13-11-20)36(42)43/h2-14,16,24-28,37H,15,17H2,1H3/t24-,25+,26-,27-,28-,33+/m0/s1. The van der Waals surface area contributed by atoms with Crippen molar-refractivity contribution in [3.63, 3.8) is 0 Å². The van der Waals surface area contributed by atoms with Crippen LogP contribution < -0.4 is 9.80 Å². The Kier molecular flexibility index (Phi) is 5.88. The smallest absolute Gasteiger partial charge is 0.269 e. The van der Waals surface area contributed by atoms with Gasteiger partial charge >= 0.3 is 0 Å². The molecule has 10 nitrogen and oxygen atoms in total. The fourth-order valence-corrected chi connectivity index (χ4v) is 7.90. The number of benzene rings is 3. The molecule has 3 aromatic carbocycles. The minimum Gasteiger partial charge on any atom is -0.508 e. The highest BCUT2D eigenvalue weighted by molar-refractivity contribution is 6.25. The van der Waals surface area contributed by atoms with Crippen molar-refractivity contribution in [1.82, 2.24) is 0 Å². The molecule has 0 bridgehead atoms. The van der Waals surface area contributed by atoms with Crippen molar-refractivity contribution in [3.05, 3.63) is 106 Å². The van der Waals surface area contributed by atoms with Crippen LogP contribution >= 0.6 is 0 Å². The summed E-state index contributed by atoms with van der Waals surface area (Å²) < 4.78 is 0. The predicted octanol–water partition coefficient (Wildman–Crippen LogP) is 4.74. The zero-order chi connectivity index (χ0) is 30.2. The van der Waals surface area contributed by atoms with Gasteiger partial charge in [-0.05, 0) is 67.6 Å². The number of phenols is 1. The molecule has 3 fully saturated rings. The molecule has 216 valence electrons. The van der Waals surface area contributed by atoms with Crippen molar-refractivity contribution < 1.29 is 29.2 Å². The number of anilines is 2. The Labute approximate surface area is 246 Å². The minimum absolute atomic E-state index is 0.0159. The number of aromatic hydroxyl groups is 1. The number of nitrogens with zero attached hydrogens (tertiary/aromatic N) is 3. The van der Waals surface area contributed by atoms with E-state index in [1.165, 1.54) is 35.2 Å². The maximum absolute atomic E-state index is 14.3. The molecule has 0 aromatic heterocycles. The highest BCUT2D eigenvalue weighted by Crippen LogP contribution is 2.63. The SMILES string of the molecule is C[C@@]12C(=O)N(c3ccccc3)C(=O)[C@@H]1C[C@@H]1C(=CC[C@@H]3C(=O)N(c4ccc([N+](=O)[O-])cc4)C(=O)[C@@H]31)[C@@H]2c1cccc(O)c1. The van der Waals surface area contributed by atoms with Gasteiger partial charge in [-0.3, -0.25) is 34.2 Å². The second-order valence-electron chi connectivity index (χ2n) is 11.9. The van der Waals surface area contributed by atoms with E-state index in [4.69, 9.17) is 0 Å². The molecule has 43 heavy (non-hydrogen) atoms. The first kappa shape index (κ1) is 26.8. The van der Waals surface area contributed by atoms with Gasteiger partial charge in [0, 0.05) is 18.1 Å². The van der Waals surface area contributed by atoms with Crippen LogP contribution in [0.2, 0.25) is 0 Å². The van der Waals surface area contributed by atoms with Gasteiger partial charge in [-0.15, -0.1) is 0 Å². The summed E-state index contributed by atoms with van der Waals surface area (Å²) in [6, 6.07) is 20.7. The van der Waals surface area contributed by atoms with E-state index in [0.717, 1.165) is 10.5 Å². The number of imide groups is 2. The first-order valence-electron chi connectivity index (χ1n) is 14.2. The molecule has 1 N–H and O–H groups in total. The molecule has 4 aliphatic rings. The van der Waals surface area contributed by atoms with Crippen LogP contribution in [-0.2, 0) is 19.2 Å². The average molecular weight is 578 g/mol. The summed E-state index contributed by atoms with van der Waals surface area (Å²) in [6.45, 7) is 1.80. The molecule has 1 saturated carbocycles. The largest absolute Gasteiger partial charge is 0.508 e. The Morgan fingerprint density at radius 1 is 0.837 bits per heavy atom. The van der Waals surface area contributed by atoms with Crippen LogP contribution in [0.15, 0.2) is 90.5 Å². The monoisotopic (exact) mass is 577 g/mol. The number of fused-ring (bicyclic) bond motifs is 4. The van der Waals surface area contributed by atoms with Gasteiger partial charge in [0.2, 0.25) is 23.6 Å². The highest BCUT2D eigenvalue weighted by Gasteiger charge is 2.67. The normalized spacial score (nSPS) is 29.7. The number of para-hydroxylation sites is 1. The number of carbonyl (C=O) groups is 4. The molecule has 7 rings (SSSR count). The van der Waals surface area contributed by atoms with E-state index in [1.54, 1.807) is 49.4 Å². The van der Waals surface area contributed by atoms with E-state index in [2.05, 4.69) is 0 Å². The van der Waals surface area contributed by atoms with Crippen molar-refractivity contribution in [3.8, 4) is 5.75 Å². The topological polar surface area (TPSA) is 138 Å². The van der Waals surface area contributed by atoms with Crippen LogP contribution in [0, 0.1) is 39.2 Å². The lowest BCUT2D eigenvalue weighted by Crippen LogP contribution is -2.48. The Morgan fingerprint density at radius 2 is 1.53 bits per heavy atom. The van der Waals surface area contributed by atoms with Crippen molar-refractivity contribution in [2.45, 2.75) is 25.7 Å². The molecule has 0 radical (unpaired) electrons. The second-order valence-corrected chi connectivity index (χ2v) is 11.9. The van der Waals surface area contributed by atoms with Crippen LogP contribution in [-0.4, -0.2) is 33.7 Å². The zero-order valence-corrected chi connectivity index (χ0v) is 23.1. The van der Waals surface area contributed by atoms with Gasteiger partial charge < -0.3 is 5.11 Å². The first-order chi connectivity index (χ1) is 20.6. The number of hydrogen-bond acceptors (Lipinski definition) is 7. The molecule has 2 saturated heterocycles. The molecular formula is C33H27N3O7. The quantitative estimate of drug-likeness (QED) is 0.205. The maximum Gasteiger partial charge on any atom is 0.269 e. The van der Waals surface area contributed by atoms with Crippen molar-refractivity contribution in [2.75, 3.05) is 9.80 Å². The lowest BCUT2D eigenvalue weighted by atomic mass is 9.51. The molecule has 2 aliphatic carbocycles. The molecular weight excluding hydrogens is 550 g/mol. The van der Waals surface area contributed by atoms with Gasteiger partial charge in [0.15, 0.2) is 0 Å². The molecule has 10 heteroatoms. The first-order valence-corrected chi connectivity index (χ1v) is 14.2. The molecule has 2 aliphatic heterocycles. The fraction of sp³-hybridized carbons (Fsp3) is 0.273. The van der Waals surface area contributed by atoms with Gasteiger partial charge in [0.05, 0.1) is 39.5 Å². The lowest BCUT2D eigenvalue weighted by Gasteiger charge is -2.49. The number of hydrogen-bond donors (Lipinski definition) is 1. The number of carbonyl (C=O) groups excluding carboxylic acids is 4. The number of rotatable bonds is 4. The number of allylic oxidation sites excluding steroid dienone is 2.